The van der Waals surface area contributed by atoms with E-state index < -0.39 is 0 Å². The lowest BCUT2D eigenvalue weighted by Crippen LogP contribution is -2.34. The van der Waals surface area contributed by atoms with E-state index in [0.29, 0.717) is 24.3 Å². The number of H-pyrrole nitrogens is 1. The van der Waals surface area contributed by atoms with Crippen LogP contribution in [0, 0.1) is 5.92 Å². The highest BCUT2D eigenvalue weighted by molar-refractivity contribution is 5.84. The van der Waals surface area contributed by atoms with Gasteiger partial charge in [0.05, 0.1) is 0 Å². The number of nitrogens with zero attached hydrogens (tertiary/aromatic N) is 1. The van der Waals surface area contributed by atoms with E-state index in [2.05, 4.69) is 35.9 Å². The Hall–Kier alpha value is -1.77. The van der Waals surface area contributed by atoms with Gasteiger partial charge in [-0.15, -0.1) is 0 Å². The summed E-state index contributed by atoms with van der Waals surface area (Å²) in [5.41, 5.74) is 2.40. The predicted molar refractivity (Wildman–Crippen MR) is 81.6 cm³/mol. The molecule has 1 amide bonds. The van der Waals surface area contributed by atoms with Crippen LogP contribution in [0.2, 0.25) is 0 Å². The third kappa shape index (κ3) is 2.45. The van der Waals surface area contributed by atoms with E-state index in [-0.39, 0.29) is 0 Å². The fraction of sp³-hybridized carbons (Fsp3) is 0.471. The van der Waals surface area contributed by atoms with Gasteiger partial charge in [-0.05, 0) is 37.3 Å². The minimum Gasteiger partial charge on any atom is -0.361 e. The number of carbonyl (C=O) groups is 1. The van der Waals surface area contributed by atoms with E-state index >= 15 is 0 Å². The van der Waals surface area contributed by atoms with Crippen molar-refractivity contribution in [3.8, 4) is 0 Å². The smallest absolute Gasteiger partial charge is 0.223 e. The van der Waals surface area contributed by atoms with Crippen LogP contribution in [0.3, 0.4) is 0 Å². The van der Waals surface area contributed by atoms with Crippen molar-refractivity contribution in [3.05, 3.63) is 36.0 Å². The lowest BCUT2D eigenvalue weighted by atomic mass is 10.1. The number of amides is 1. The second kappa shape index (κ2) is 5.31. The van der Waals surface area contributed by atoms with Crippen LogP contribution in [-0.4, -0.2) is 28.4 Å². The average Bonchev–Trinajstić information content (AvgIpc) is 2.99. The normalized spacial score (nSPS) is 22.6. The van der Waals surface area contributed by atoms with Gasteiger partial charge >= 0.3 is 0 Å². The van der Waals surface area contributed by atoms with Gasteiger partial charge in [0.1, 0.15) is 0 Å². The molecule has 2 heterocycles. The molecule has 2 atom stereocenters. The molecule has 2 unspecified atom stereocenters. The van der Waals surface area contributed by atoms with E-state index in [1.807, 2.05) is 18.3 Å². The summed E-state index contributed by atoms with van der Waals surface area (Å²) in [5.74, 6) is 0.939. The van der Waals surface area contributed by atoms with Crippen molar-refractivity contribution in [2.45, 2.75) is 39.2 Å². The van der Waals surface area contributed by atoms with Crippen molar-refractivity contribution in [2.24, 2.45) is 5.92 Å². The van der Waals surface area contributed by atoms with Gasteiger partial charge in [-0.3, -0.25) is 4.79 Å². The first-order valence-electron chi connectivity index (χ1n) is 7.49. The number of benzene rings is 1. The highest BCUT2D eigenvalue weighted by atomic mass is 16.2. The Morgan fingerprint density at radius 1 is 1.35 bits per heavy atom. The highest BCUT2D eigenvalue weighted by Crippen LogP contribution is 2.24. The van der Waals surface area contributed by atoms with Gasteiger partial charge in [-0.2, -0.15) is 0 Å². The fourth-order valence-corrected chi connectivity index (χ4v) is 3.37. The first kappa shape index (κ1) is 13.2. The summed E-state index contributed by atoms with van der Waals surface area (Å²) in [4.78, 5) is 17.7. The van der Waals surface area contributed by atoms with Crippen molar-refractivity contribution in [1.29, 1.82) is 0 Å². The van der Waals surface area contributed by atoms with Gasteiger partial charge in [0, 0.05) is 36.1 Å². The molecule has 1 fully saturated rings. The van der Waals surface area contributed by atoms with Crippen molar-refractivity contribution >= 4 is 16.8 Å². The molecular formula is C17H22N2O. The summed E-state index contributed by atoms with van der Waals surface area (Å²) in [6.07, 6.45) is 4.60. The number of rotatable bonds is 3. The third-order valence-electron chi connectivity index (χ3n) is 4.39. The summed E-state index contributed by atoms with van der Waals surface area (Å²) in [7, 11) is 0. The Labute approximate surface area is 120 Å². The molecule has 3 heteroatoms. The first-order valence-corrected chi connectivity index (χ1v) is 7.49. The summed E-state index contributed by atoms with van der Waals surface area (Å²) in [6, 6.07) is 8.67. The van der Waals surface area contributed by atoms with Crippen LogP contribution in [0.25, 0.3) is 10.9 Å². The number of hydrogen-bond acceptors (Lipinski definition) is 1. The molecule has 20 heavy (non-hydrogen) atoms. The molecule has 0 aliphatic carbocycles. The quantitative estimate of drug-likeness (QED) is 0.912. The van der Waals surface area contributed by atoms with Crippen LogP contribution in [0.1, 0.15) is 32.3 Å². The predicted octanol–water partition coefficient (Wildman–Crippen LogP) is 3.36. The van der Waals surface area contributed by atoms with Crippen molar-refractivity contribution in [2.75, 3.05) is 6.54 Å². The van der Waals surface area contributed by atoms with Crippen LogP contribution >= 0.6 is 0 Å². The number of aromatic amines is 1. The standard InChI is InChI=1S/C17H22N2O/c1-12-9-13(2)19(11-12)17(20)8-7-14-10-18-16-6-4-3-5-15(14)16/h3-6,10,12-13,18H,7-9,11H2,1-2H3. The zero-order valence-electron chi connectivity index (χ0n) is 12.2. The van der Waals surface area contributed by atoms with Crippen LogP contribution < -0.4 is 0 Å². The number of likely N-dealkylation sites (tertiary alicyclic amines) is 1. The first-order chi connectivity index (χ1) is 9.65. The van der Waals surface area contributed by atoms with Crippen LogP contribution in [0.4, 0.5) is 0 Å². The molecular weight excluding hydrogens is 248 g/mol. The molecule has 1 saturated heterocycles. The Balaban J connectivity index is 1.66. The minimum atomic E-state index is 0.298. The number of carbonyl (C=O) groups excluding carboxylic acids is 1. The highest BCUT2D eigenvalue weighted by Gasteiger charge is 2.29. The van der Waals surface area contributed by atoms with Crippen molar-refractivity contribution in [3.63, 3.8) is 0 Å². The molecule has 1 aliphatic heterocycles. The Kier molecular flexibility index (Phi) is 3.51. The second-order valence-electron chi connectivity index (χ2n) is 6.10. The number of para-hydroxylation sites is 1. The third-order valence-corrected chi connectivity index (χ3v) is 4.39. The van der Waals surface area contributed by atoms with E-state index in [1.165, 1.54) is 10.9 Å². The molecule has 1 N–H and O–H groups in total. The molecule has 3 rings (SSSR count). The van der Waals surface area contributed by atoms with Gasteiger partial charge in [0.15, 0.2) is 0 Å². The minimum absolute atomic E-state index is 0.298. The van der Waals surface area contributed by atoms with Gasteiger partial charge < -0.3 is 9.88 Å². The number of fused-ring (bicyclic) bond motifs is 1. The molecule has 0 saturated carbocycles. The molecule has 1 aromatic carbocycles. The Morgan fingerprint density at radius 3 is 2.90 bits per heavy atom. The maximum atomic E-state index is 12.3. The van der Waals surface area contributed by atoms with Crippen molar-refractivity contribution < 1.29 is 4.79 Å². The second-order valence-corrected chi connectivity index (χ2v) is 6.10. The molecule has 2 aromatic rings. The summed E-state index contributed by atoms with van der Waals surface area (Å²) in [5, 5.41) is 1.24. The van der Waals surface area contributed by atoms with Crippen molar-refractivity contribution in [1.82, 2.24) is 9.88 Å². The molecule has 106 valence electrons. The summed E-state index contributed by atoms with van der Waals surface area (Å²) < 4.78 is 0. The fourth-order valence-electron chi connectivity index (χ4n) is 3.37. The molecule has 0 spiro atoms. The Morgan fingerprint density at radius 2 is 2.15 bits per heavy atom. The molecule has 0 bridgehead atoms. The Bertz CT molecular complexity index is 616. The van der Waals surface area contributed by atoms with E-state index in [0.717, 1.165) is 24.9 Å². The summed E-state index contributed by atoms with van der Waals surface area (Å²) in [6.45, 7) is 5.31. The SMILES string of the molecule is CC1CC(C)N(C(=O)CCc2c[nH]c3ccccc23)C1. The molecule has 1 aliphatic rings. The zero-order chi connectivity index (χ0) is 14.1. The van der Waals surface area contributed by atoms with E-state index in [1.54, 1.807) is 0 Å². The maximum absolute atomic E-state index is 12.3. The molecule has 1 aromatic heterocycles. The van der Waals surface area contributed by atoms with Gasteiger partial charge in [-0.1, -0.05) is 25.1 Å². The number of nitrogens with one attached hydrogen (secondary N) is 1. The molecule has 3 nitrogen and oxygen atoms in total. The van der Waals surface area contributed by atoms with Gasteiger partial charge in [0.2, 0.25) is 5.91 Å². The van der Waals surface area contributed by atoms with Crippen LogP contribution in [-0.2, 0) is 11.2 Å². The average molecular weight is 270 g/mol. The van der Waals surface area contributed by atoms with Crippen LogP contribution in [0.15, 0.2) is 30.5 Å². The van der Waals surface area contributed by atoms with Gasteiger partial charge in [0.25, 0.3) is 0 Å². The lowest BCUT2D eigenvalue weighted by molar-refractivity contribution is -0.131. The lowest BCUT2D eigenvalue weighted by Gasteiger charge is -2.21. The topological polar surface area (TPSA) is 36.1 Å². The summed E-state index contributed by atoms with van der Waals surface area (Å²) >= 11 is 0. The molecule has 0 radical (unpaired) electrons. The largest absolute Gasteiger partial charge is 0.361 e. The monoisotopic (exact) mass is 270 g/mol. The number of hydrogen-bond donors (Lipinski definition) is 1. The maximum Gasteiger partial charge on any atom is 0.223 e. The number of aryl methyl sites for hydroxylation is 1. The number of aromatic nitrogens is 1. The van der Waals surface area contributed by atoms with E-state index in [4.69, 9.17) is 0 Å². The zero-order valence-corrected chi connectivity index (χ0v) is 12.2. The van der Waals surface area contributed by atoms with Crippen LogP contribution in [0.5, 0.6) is 0 Å². The van der Waals surface area contributed by atoms with Gasteiger partial charge in [-0.25, -0.2) is 0 Å². The van der Waals surface area contributed by atoms with E-state index in [9.17, 15) is 4.79 Å².